The number of allylic oxidation sites excluding steroid dienone is 1. The summed E-state index contributed by atoms with van der Waals surface area (Å²) in [6.45, 7) is 8.86. The Labute approximate surface area is 217 Å². The van der Waals surface area contributed by atoms with Gasteiger partial charge >= 0.3 is 6.09 Å². The fourth-order valence-electron chi connectivity index (χ4n) is 4.86. The molecule has 1 saturated heterocycles. The summed E-state index contributed by atoms with van der Waals surface area (Å²) in [7, 11) is 1.88. The van der Waals surface area contributed by atoms with Crippen LogP contribution >= 0.6 is 0 Å². The van der Waals surface area contributed by atoms with Crippen LogP contribution in [0.25, 0.3) is 11.6 Å². The molecule has 3 heterocycles. The highest BCUT2D eigenvalue weighted by molar-refractivity contribution is 6.33. The number of hydrogen-bond acceptors (Lipinski definition) is 6. The van der Waals surface area contributed by atoms with Crippen LogP contribution in [0.15, 0.2) is 42.9 Å². The van der Waals surface area contributed by atoms with Crippen LogP contribution in [-0.2, 0) is 24.6 Å². The number of amides is 1. The summed E-state index contributed by atoms with van der Waals surface area (Å²) in [6, 6.07) is 10.4. The Morgan fingerprint density at radius 3 is 2.59 bits per heavy atom. The summed E-state index contributed by atoms with van der Waals surface area (Å²) in [6.07, 6.45) is 6.76. The third-order valence-corrected chi connectivity index (χ3v) is 6.66. The number of hydrogen-bond donors (Lipinski definition) is 1. The quantitative estimate of drug-likeness (QED) is 0.505. The molecule has 0 unspecified atom stereocenters. The Hall–Kier alpha value is -3.78. The molecular formula is C29H33N5O3. The Balaban J connectivity index is 0.000000184. The van der Waals surface area contributed by atoms with Crippen molar-refractivity contribution in [1.82, 2.24) is 24.8 Å². The second-order valence-electron chi connectivity index (χ2n) is 10.6. The molecule has 1 aromatic carbocycles. The lowest BCUT2D eigenvalue weighted by Gasteiger charge is -2.30. The second-order valence-corrected chi connectivity index (χ2v) is 10.6. The third kappa shape index (κ3) is 5.34. The smallest absolute Gasteiger partial charge is 0.410 e. The molecule has 37 heavy (non-hydrogen) atoms. The number of fused-ring (bicyclic) bond motifs is 3. The number of benzene rings is 1. The molecule has 192 valence electrons. The van der Waals surface area contributed by atoms with Crippen LogP contribution in [0.2, 0.25) is 0 Å². The highest BCUT2D eigenvalue weighted by Crippen LogP contribution is 2.35. The van der Waals surface area contributed by atoms with Crippen molar-refractivity contribution >= 4 is 23.5 Å². The number of piperazine rings is 1. The largest absolute Gasteiger partial charge is 0.444 e. The number of nitrogens with one attached hydrogen (secondary N) is 1. The summed E-state index contributed by atoms with van der Waals surface area (Å²) in [5, 5.41) is 3.18. The zero-order valence-electron chi connectivity index (χ0n) is 21.9. The van der Waals surface area contributed by atoms with Crippen molar-refractivity contribution in [1.29, 1.82) is 0 Å². The minimum atomic E-state index is -0.387. The molecule has 0 atom stereocenters. The third-order valence-electron chi connectivity index (χ3n) is 6.66. The molecule has 6 rings (SSSR count). The molecule has 2 aromatic heterocycles. The lowest BCUT2D eigenvalue weighted by Crippen LogP contribution is -2.48. The van der Waals surface area contributed by atoms with E-state index in [0.717, 1.165) is 66.3 Å². The van der Waals surface area contributed by atoms with E-state index in [2.05, 4.69) is 33.5 Å². The number of carbonyl (C=O) groups excluding carboxylic acids is 2. The molecule has 1 aliphatic heterocycles. The van der Waals surface area contributed by atoms with Crippen LogP contribution in [0.3, 0.4) is 0 Å². The maximum Gasteiger partial charge on any atom is 0.410 e. The van der Waals surface area contributed by atoms with Gasteiger partial charge in [0.15, 0.2) is 0 Å². The van der Waals surface area contributed by atoms with Gasteiger partial charge in [-0.1, -0.05) is 24.3 Å². The van der Waals surface area contributed by atoms with Gasteiger partial charge in [0.2, 0.25) is 5.78 Å². The van der Waals surface area contributed by atoms with E-state index >= 15 is 0 Å². The number of ether oxygens (including phenoxy) is 1. The first-order chi connectivity index (χ1) is 17.7. The number of rotatable bonds is 0. The standard InChI is InChI=1S/C20H15N3O.C9H18N2O2/c1-23-11-22-18-8-12-4-5-13-10-17-14(3-2-6-21-17)9-16(15(13)7-12)20(24)19(18)23;1-9(2,3)13-8(12)11-6-4-10-5-7-11/h2-7,9,11H,8,10H2,1H3;10H,4-7H2,1-3H3. The highest BCUT2D eigenvalue weighted by Gasteiger charge is 2.28. The molecule has 1 amide bonds. The fourth-order valence-corrected chi connectivity index (χ4v) is 4.86. The van der Waals surface area contributed by atoms with Crippen molar-refractivity contribution in [3.05, 3.63) is 82.2 Å². The Kier molecular flexibility index (Phi) is 6.69. The first-order valence-electron chi connectivity index (χ1n) is 12.7. The topological polar surface area (TPSA) is 89.4 Å². The Morgan fingerprint density at radius 1 is 1.05 bits per heavy atom. The normalized spacial score (nSPS) is 16.2. The lowest BCUT2D eigenvalue weighted by atomic mass is 9.88. The molecule has 1 N–H and O–H groups in total. The first-order valence-corrected chi connectivity index (χ1v) is 12.7. The number of Topliss-reactive ketones (excluding diaryl/α,β-unsaturated/α-hetero) is 1. The van der Waals surface area contributed by atoms with Crippen molar-refractivity contribution in [2.45, 2.75) is 39.2 Å². The molecular weight excluding hydrogens is 466 g/mol. The van der Waals surface area contributed by atoms with Gasteiger partial charge in [-0.3, -0.25) is 9.78 Å². The molecule has 1 fully saturated rings. The van der Waals surface area contributed by atoms with Gasteiger partial charge in [-0.05, 0) is 55.2 Å². The molecule has 0 radical (unpaired) electrons. The molecule has 0 spiro atoms. The number of nitrogens with zero attached hydrogens (tertiary/aromatic N) is 4. The lowest BCUT2D eigenvalue weighted by molar-refractivity contribution is 0.0229. The van der Waals surface area contributed by atoms with Gasteiger partial charge < -0.3 is 19.5 Å². The van der Waals surface area contributed by atoms with Gasteiger partial charge in [0, 0.05) is 57.8 Å². The average Bonchev–Trinajstić information content (AvgIpc) is 3.13. The van der Waals surface area contributed by atoms with Crippen LogP contribution in [0, 0.1) is 0 Å². The maximum atomic E-state index is 13.3. The van der Waals surface area contributed by atoms with E-state index in [1.165, 1.54) is 5.56 Å². The molecule has 8 nitrogen and oxygen atoms in total. The van der Waals surface area contributed by atoms with Gasteiger partial charge in [-0.2, -0.15) is 0 Å². The van der Waals surface area contributed by atoms with Crippen molar-refractivity contribution in [2.75, 3.05) is 26.2 Å². The number of ketones is 1. The number of pyridine rings is 1. The highest BCUT2D eigenvalue weighted by atomic mass is 16.6. The van der Waals surface area contributed by atoms with E-state index in [9.17, 15) is 9.59 Å². The van der Waals surface area contributed by atoms with Gasteiger partial charge in [0.05, 0.1) is 17.7 Å². The van der Waals surface area contributed by atoms with Crippen molar-refractivity contribution in [2.24, 2.45) is 7.05 Å². The molecule has 3 aliphatic rings. The van der Waals surface area contributed by atoms with Crippen molar-refractivity contribution < 1.29 is 14.3 Å². The van der Waals surface area contributed by atoms with Gasteiger partial charge in [0.1, 0.15) is 11.3 Å². The van der Waals surface area contributed by atoms with Gasteiger partial charge in [-0.25, -0.2) is 9.78 Å². The maximum absolute atomic E-state index is 13.3. The van der Waals surface area contributed by atoms with Crippen LogP contribution in [0.4, 0.5) is 4.79 Å². The number of aromatic nitrogens is 3. The predicted molar refractivity (Wildman–Crippen MR) is 142 cm³/mol. The van der Waals surface area contributed by atoms with Crippen LogP contribution < -0.4 is 5.32 Å². The number of imidazole rings is 1. The minimum absolute atomic E-state index is 0.0415. The summed E-state index contributed by atoms with van der Waals surface area (Å²) in [4.78, 5) is 35.5. The van der Waals surface area contributed by atoms with Crippen molar-refractivity contribution in [3.63, 3.8) is 0 Å². The summed E-state index contributed by atoms with van der Waals surface area (Å²) in [5.74, 6) is 0.0415. The van der Waals surface area contributed by atoms with E-state index in [1.54, 1.807) is 11.2 Å². The monoisotopic (exact) mass is 499 g/mol. The number of aryl methyl sites for hydroxylation is 1. The van der Waals surface area contributed by atoms with E-state index in [1.807, 2.05) is 56.8 Å². The number of carbonyl (C=O) groups is 2. The Morgan fingerprint density at radius 2 is 1.84 bits per heavy atom. The van der Waals surface area contributed by atoms with E-state index in [-0.39, 0.29) is 17.5 Å². The summed E-state index contributed by atoms with van der Waals surface area (Å²) >= 11 is 0. The van der Waals surface area contributed by atoms with Gasteiger partial charge in [0.25, 0.3) is 0 Å². The molecule has 2 aliphatic carbocycles. The van der Waals surface area contributed by atoms with Crippen LogP contribution in [0.1, 0.15) is 64.9 Å². The zero-order chi connectivity index (χ0) is 26.2. The van der Waals surface area contributed by atoms with E-state index in [0.29, 0.717) is 12.1 Å². The molecule has 2 bridgehead atoms. The van der Waals surface area contributed by atoms with Crippen molar-refractivity contribution in [3.8, 4) is 0 Å². The summed E-state index contributed by atoms with van der Waals surface area (Å²) in [5.41, 5.74) is 7.28. The van der Waals surface area contributed by atoms with E-state index < -0.39 is 0 Å². The zero-order valence-corrected chi connectivity index (χ0v) is 21.9. The molecule has 8 heteroatoms. The van der Waals surface area contributed by atoms with E-state index in [4.69, 9.17) is 4.74 Å². The Bertz CT molecular complexity index is 1380. The predicted octanol–water partition coefficient (Wildman–Crippen LogP) is 3.87. The first kappa shape index (κ1) is 24.9. The summed E-state index contributed by atoms with van der Waals surface area (Å²) < 4.78 is 7.07. The van der Waals surface area contributed by atoms with Crippen LogP contribution in [-0.4, -0.2) is 63.1 Å². The minimum Gasteiger partial charge on any atom is -0.444 e. The SMILES string of the molecule is CC(C)(C)OC(=O)N1CCNCC1.Cn1cnc2c1C(=O)C1=Cc3cccnc3Cc3ccc(cc31)C2. The fraction of sp³-hybridized carbons (Fsp3) is 0.379. The molecule has 0 saturated carbocycles. The average molecular weight is 500 g/mol. The van der Waals surface area contributed by atoms with Crippen LogP contribution in [0.5, 0.6) is 0 Å². The molecule has 3 aromatic rings. The second kappa shape index (κ2) is 9.94. The van der Waals surface area contributed by atoms with Gasteiger partial charge in [-0.15, -0.1) is 0 Å².